The van der Waals surface area contributed by atoms with Crippen molar-refractivity contribution in [3.05, 3.63) is 0 Å². The standard InChI is InChI=1S/C6H13NO2S/c1-3-9-10-5-4-6(8)7-2/h3-5H2,1-2H3,(H,7,8). The van der Waals surface area contributed by atoms with Crippen LogP contribution in [0.3, 0.4) is 0 Å². The van der Waals surface area contributed by atoms with Crippen LogP contribution >= 0.6 is 12.0 Å². The molecule has 0 aromatic rings. The van der Waals surface area contributed by atoms with Crippen LogP contribution in [0.1, 0.15) is 13.3 Å². The van der Waals surface area contributed by atoms with Crippen LogP contribution in [0.5, 0.6) is 0 Å². The minimum absolute atomic E-state index is 0.0622. The molecular formula is C6H13NO2S. The molecule has 1 amide bonds. The van der Waals surface area contributed by atoms with Crippen molar-refractivity contribution in [3.63, 3.8) is 0 Å². The highest BCUT2D eigenvalue weighted by Gasteiger charge is 1.96. The molecule has 0 radical (unpaired) electrons. The number of hydrogen-bond acceptors (Lipinski definition) is 3. The average molecular weight is 163 g/mol. The van der Waals surface area contributed by atoms with Crippen molar-refractivity contribution in [2.45, 2.75) is 13.3 Å². The van der Waals surface area contributed by atoms with E-state index in [4.69, 9.17) is 4.18 Å². The van der Waals surface area contributed by atoms with E-state index in [9.17, 15) is 4.79 Å². The molecule has 0 spiro atoms. The van der Waals surface area contributed by atoms with Crippen LogP contribution in [0.15, 0.2) is 0 Å². The summed E-state index contributed by atoms with van der Waals surface area (Å²) in [7, 11) is 1.63. The fourth-order valence-electron chi connectivity index (χ4n) is 0.402. The Balaban J connectivity index is 2.96. The molecule has 1 N–H and O–H groups in total. The molecule has 0 bridgehead atoms. The highest BCUT2D eigenvalue weighted by atomic mass is 32.2. The first-order valence-corrected chi connectivity index (χ1v) is 4.17. The molecule has 0 aliphatic rings. The molecule has 0 rings (SSSR count). The highest BCUT2D eigenvalue weighted by Crippen LogP contribution is 2.02. The molecule has 0 aliphatic heterocycles. The second-order valence-electron chi connectivity index (χ2n) is 1.65. The Labute approximate surface area is 65.7 Å². The summed E-state index contributed by atoms with van der Waals surface area (Å²) in [5.74, 6) is 0.792. The summed E-state index contributed by atoms with van der Waals surface area (Å²) in [4.78, 5) is 10.6. The monoisotopic (exact) mass is 163 g/mol. The third kappa shape index (κ3) is 5.91. The zero-order valence-electron chi connectivity index (χ0n) is 6.35. The van der Waals surface area contributed by atoms with Gasteiger partial charge in [-0.25, -0.2) is 0 Å². The van der Waals surface area contributed by atoms with E-state index in [0.29, 0.717) is 13.0 Å². The SMILES string of the molecule is CCOSCCC(=O)NC. The Morgan fingerprint density at radius 3 is 2.90 bits per heavy atom. The van der Waals surface area contributed by atoms with Crippen molar-refractivity contribution < 1.29 is 8.98 Å². The van der Waals surface area contributed by atoms with Gasteiger partial charge in [0.2, 0.25) is 5.91 Å². The van der Waals surface area contributed by atoms with Gasteiger partial charge in [-0.3, -0.25) is 4.79 Å². The summed E-state index contributed by atoms with van der Waals surface area (Å²) in [6.45, 7) is 2.62. The molecule has 0 saturated carbocycles. The van der Waals surface area contributed by atoms with Crippen LogP contribution in [0, 0.1) is 0 Å². The van der Waals surface area contributed by atoms with Crippen LogP contribution in [-0.4, -0.2) is 25.3 Å². The second-order valence-corrected chi connectivity index (χ2v) is 2.53. The van der Waals surface area contributed by atoms with Crippen LogP contribution < -0.4 is 5.32 Å². The van der Waals surface area contributed by atoms with Gasteiger partial charge >= 0.3 is 0 Å². The Kier molecular flexibility index (Phi) is 6.74. The van der Waals surface area contributed by atoms with Gasteiger partial charge in [-0.1, -0.05) is 0 Å². The minimum atomic E-state index is 0.0622. The Morgan fingerprint density at radius 2 is 2.40 bits per heavy atom. The highest BCUT2D eigenvalue weighted by molar-refractivity contribution is 7.94. The minimum Gasteiger partial charge on any atom is -0.359 e. The topological polar surface area (TPSA) is 38.3 Å². The zero-order valence-corrected chi connectivity index (χ0v) is 7.16. The zero-order chi connectivity index (χ0) is 7.82. The van der Waals surface area contributed by atoms with Crippen molar-refractivity contribution in [3.8, 4) is 0 Å². The van der Waals surface area contributed by atoms with Gasteiger partial charge in [-0.2, -0.15) is 0 Å². The summed E-state index contributed by atoms with van der Waals surface area (Å²) in [6.07, 6.45) is 0.529. The predicted molar refractivity (Wildman–Crippen MR) is 42.8 cm³/mol. The van der Waals surface area contributed by atoms with Gasteiger partial charge in [0, 0.05) is 19.2 Å². The van der Waals surface area contributed by atoms with Crippen LogP contribution in [0.2, 0.25) is 0 Å². The number of carbonyl (C=O) groups is 1. The van der Waals surface area contributed by atoms with Crippen LogP contribution in [0.25, 0.3) is 0 Å². The van der Waals surface area contributed by atoms with E-state index in [-0.39, 0.29) is 5.91 Å². The first-order chi connectivity index (χ1) is 4.81. The van der Waals surface area contributed by atoms with Gasteiger partial charge in [-0.15, -0.1) is 0 Å². The fourth-order valence-corrected chi connectivity index (χ4v) is 0.955. The van der Waals surface area contributed by atoms with E-state index in [0.717, 1.165) is 5.75 Å². The lowest BCUT2D eigenvalue weighted by Gasteiger charge is -1.98. The fraction of sp³-hybridized carbons (Fsp3) is 0.833. The van der Waals surface area contributed by atoms with Gasteiger partial charge < -0.3 is 9.50 Å². The molecule has 0 aliphatic carbocycles. The first kappa shape index (κ1) is 9.78. The van der Waals surface area contributed by atoms with Crippen LogP contribution in [-0.2, 0) is 8.98 Å². The normalized spacial score (nSPS) is 9.40. The molecule has 10 heavy (non-hydrogen) atoms. The summed E-state index contributed by atoms with van der Waals surface area (Å²) in [5.41, 5.74) is 0. The molecule has 3 nitrogen and oxygen atoms in total. The Morgan fingerprint density at radius 1 is 1.70 bits per heavy atom. The lowest BCUT2D eigenvalue weighted by Crippen LogP contribution is -2.17. The second kappa shape index (κ2) is 6.89. The molecule has 0 atom stereocenters. The summed E-state index contributed by atoms with van der Waals surface area (Å²) in [6, 6.07) is 0. The molecule has 4 heteroatoms. The maximum Gasteiger partial charge on any atom is 0.220 e. The third-order valence-electron chi connectivity index (χ3n) is 0.892. The van der Waals surface area contributed by atoms with Crippen molar-refractivity contribution in [1.29, 1.82) is 0 Å². The number of rotatable bonds is 5. The predicted octanol–water partition coefficient (Wildman–Crippen LogP) is 0.807. The van der Waals surface area contributed by atoms with E-state index in [2.05, 4.69) is 5.32 Å². The summed E-state index contributed by atoms with van der Waals surface area (Å²) in [5, 5.41) is 2.53. The summed E-state index contributed by atoms with van der Waals surface area (Å²) < 4.78 is 4.97. The van der Waals surface area contributed by atoms with Crippen molar-refractivity contribution in [2.75, 3.05) is 19.4 Å². The summed E-state index contributed by atoms with van der Waals surface area (Å²) >= 11 is 1.34. The van der Waals surface area contributed by atoms with Crippen molar-refractivity contribution in [2.24, 2.45) is 0 Å². The van der Waals surface area contributed by atoms with Gasteiger partial charge in [0.15, 0.2) is 0 Å². The van der Waals surface area contributed by atoms with E-state index in [1.54, 1.807) is 7.05 Å². The molecular weight excluding hydrogens is 150 g/mol. The molecule has 0 heterocycles. The number of nitrogens with one attached hydrogen (secondary N) is 1. The Hall–Kier alpha value is -0.220. The largest absolute Gasteiger partial charge is 0.359 e. The van der Waals surface area contributed by atoms with E-state index < -0.39 is 0 Å². The van der Waals surface area contributed by atoms with Gasteiger partial charge in [0.1, 0.15) is 0 Å². The maximum absolute atomic E-state index is 10.6. The molecule has 60 valence electrons. The molecule has 0 aromatic carbocycles. The van der Waals surface area contributed by atoms with Crippen molar-refractivity contribution >= 4 is 17.9 Å². The lowest BCUT2D eigenvalue weighted by atomic mass is 10.5. The molecule has 0 saturated heterocycles. The van der Waals surface area contributed by atoms with Gasteiger partial charge in [0.25, 0.3) is 0 Å². The number of hydrogen-bond donors (Lipinski definition) is 1. The average Bonchev–Trinajstić information content (AvgIpc) is 1.98. The first-order valence-electron chi connectivity index (χ1n) is 3.26. The quantitative estimate of drug-likeness (QED) is 0.481. The van der Waals surface area contributed by atoms with Gasteiger partial charge in [0.05, 0.1) is 6.61 Å². The molecule has 0 unspecified atom stereocenters. The third-order valence-corrected chi connectivity index (χ3v) is 1.67. The Bertz CT molecular complexity index is 97.7. The molecule has 0 fully saturated rings. The van der Waals surface area contributed by atoms with Gasteiger partial charge in [-0.05, 0) is 19.0 Å². The van der Waals surface area contributed by atoms with E-state index in [1.807, 2.05) is 6.92 Å². The van der Waals surface area contributed by atoms with Crippen LogP contribution in [0.4, 0.5) is 0 Å². The number of amides is 1. The number of carbonyl (C=O) groups excluding carboxylic acids is 1. The van der Waals surface area contributed by atoms with E-state index in [1.165, 1.54) is 12.0 Å². The maximum atomic E-state index is 10.6. The smallest absolute Gasteiger partial charge is 0.220 e. The molecule has 0 aromatic heterocycles. The lowest BCUT2D eigenvalue weighted by molar-refractivity contribution is -0.120. The van der Waals surface area contributed by atoms with Crippen molar-refractivity contribution in [1.82, 2.24) is 5.32 Å². The van der Waals surface area contributed by atoms with E-state index >= 15 is 0 Å².